The summed E-state index contributed by atoms with van der Waals surface area (Å²) in [7, 11) is 0. The molecule has 5 rings (SSSR count). The van der Waals surface area contributed by atoms with Crippen LogP contribution in [0.25, 0.3) is 0 Å². The van der Waals surface area contributed by atoms with Crippen molar-refractivity contribution in [1.29, 1.82) is 0 Å². The van der Waals surface area contributed by atoms with Crippen molar-refractivity contribution < 1.29 is 9.84 Å². The van der Waals surface area contributed by atoms with Crippen LogP contribution in [0.1, 0.15) is 48.2 Å². The number of likely N-dealkylation sites (tertiary alicyclic amines) is 1. The first-order valence-electron chi connectivity index (χ1n) is 14.1. The van der Waals surface area contributed by atoms with Gasteiger partial charge in [0.05, 0.1) is 6.10 Å². The third-order valence-corrected chi connectivity index (χ3v) is 7.97. The van der Waals surface area contributed by atoms with Gasteiger partial charge in [-0.25, -0.2) is 9.97 Å². The number of hydrogen-bond donors (Lipinski definition) is 3. The van der Waals surface area contributed by atoms with Gasteiger partial charge >= 0.3 is 0 Å². The second kappa shape index (κ2) is 12.8. The summed E-state index contributed by atoms with van der Waals surface area (Å²) in [4.78, 5) is 16.1. The molecule has 0 aliphatic carbocycles. The van der Waals surface area contributed by atoms with Gasteiger partial charge in [-0.2, -0.15) is 4.99 Å². The van der Waals surface area contributed by atoms with E-state index in [1.165, 1.54) is 0 Å². The van der Waals surface area contributed by atoms with Gasteiger partial charge in [0.2, 0.25) is 11.9 Å². The Morgan fingerprint density at radius 1 is 1.00 bits per heavy atom. The van der Waals surface area contributed by atoms with E-state index in [-0.39, 0.29) is 12.0 Å². The van der Waals surface area contributed by atoms with Crippen molar-refractivity contribution in [2.45, 2.75) is 51.2 Å². The Morgan fingerprint density at radius 2 is 1.60 bits per heavy atom. The average Bonchev–Trinajstić information content (AvgIpc) is 3.50. The summed E-state index contributed by atoms with van der Waals surface area (Å²) < 4.78 is 5.72. The molecule has 0 radical (unpaired) electrons. The van der Waals surface area contributed by atoms with Crippen molar-refractivity contribution >= 4 is 29.2 Å². The molecule has 2 fully saturated rings. The molecule has 1 atom stereocenters. The van der Waals surface area contributed by atoms with E-state index in [0.717, 1.165) is 54.8 Å². The molecule has 2 aliphatic heterocycles. The van der Waals surface area contributed by atoms with Gasteiger partial charge in [0.25, 0.3) is 0 Å². The van der Waals surface area contributed by atoms with E-state index < -0.39 is 5.60 Å². The van der Waals surface area contributed by atoms with Crippen LogP contribution >= 0.6 is 12.2 Å². The maximum atomic E-state index is 12.3. The number of aliphatic hydroxyl groups is 1. The van der Waals surface area contributed by atoms with Crippen molar-refractivity contribution in [3.63, 3.8) is 0 Å². The average molecular weight is 559 g/mol. The molecule has 9 heteroatoms. The molecule has 210 valence electrons. The van der Waals surface area contributed by atoms with E-state index in [9.17, 15) is 5.11 Å². The van der Waals surface area contributed by atoms with Crippen molar-refractivity contribution in [2.24, 2.45) is 10.9 Å². The lowest BCUT2D eigenvalue weighted by molar-refractivity contribution is -0.00653. The molecule has 8 nitrogen and oxygen atoms in total. The second-order valence-electron chi connectivity index (χ2n) is 10.6. The van der Waals surface area contributed by atoms with E-state index in [2.05, 4.69) is 25.5 Å². The Bertz CT molecular complexity index is 1250. The fourth-order valence-electron chi connectivity index (χ4n) is 5.73. The Morgan fingerprint density at radius 3 is 2.15 bits per heavy atom. The topological polar surface area (TPSA) is 94.9 Å². The largest absolute Gasteiger partial charge is 0.380 e. The molecule has 2 saturated heterocycles. The Balaban J connectivity index is 1.36. The van der Waals surface area contributed by atoms with E-state index in [4.69, 9.17) is 21.9 Å². The molecule has 0 spiro atoms. The number of aryl methyl sites for hydroxylation is 2. The molecule has 0 bridgehead atoms. The quantitative estimate of drug-likeness (QED) is 0.230. The number of piperidine rings is 1. The Hall–Kier alpha value is -3.40. The zero-order chi connectivity index (χ0) is 28.0. The monoisotopic (exact) mass is 558 g/mol. The van der Waals surface area contributed by atoms with Gasteiger partial charge < -0.3 is 20.1 Å². The number of nitrogens with one attached hydrogen (secondary N) is 2. The lowest BCUT2D eigenvalue weighted by atomic mass is 9.72. The number of rotatable bonds is 6. The summed E-state index contributed by atoms with van der Waals surface area (Å²) >= 11 is 5.61. The predicted molar refractivity (Wildman–Crippen MR) is 162 cm³/mol. The van der Waals surface area contributed by atoms with Crippen LogP contribution in [0.2, 0.25) is 0 Å². The first kappa shape index (κ1) is 28.1. The molecule has 3 N–H and O–H groups in total. The fourth-order valence-corrected chi connectivity index (χ4v) is 5.90. The van der Waals surface area contributed by atoms with Crippen LogP contribution in [-0.2, 0) is 10.3 Å². The molecular formula is C31H38N6O2S. The van der Waals surface area contributed by atoms with E-state index in [1.807, 2.05) is 80.6 Å². The highest BCUT2D eigenvalue weighted by Gasteiger charge is 2.42. The zero-order valence-corrected chi connectivity index (χ0v) is 24.0. The number of ether oxygens (including phenoxy) is 1. The third kappa shape index (κ3) is 6.66. The van der Waals surface area contributed by atoms with Crippen LogP contribution in [0.4, 0.5) is 5.95 Å². The zero-order valence-electron chi connectivity index (χ0n) is 23.2. The summed E-state index contributed by atoms with van der Waals surface area (Å²) in [6.07, 6.45) is 3.80. The molecule has 1 unspecified atom stereocenters. The summed E-state index contributed by atoms with van der Waals surface area (Å²) in [6.45, 7) is 6.72. The highest BCUT2D eigenvalue weighted by molar-refractivity contribution is 7.80. The van der Waals surface area contributed by atoms with Gasteiger partial charge in [-0.1, -0.05) is 60.7 Å². The molecule has 3 heterocycles. The van der Waals surface area contributed by atoms with Gasteiger partial charge in [0.15, 0.2) is 5.11 Å². The smallest absolute Gasteiger partial charge is 0.229 e. The van der Waals surface area contributed by atoms with Crippen molar-refractivity contribution in [2.75, 3.05) is 31.6 Å². The van der Waals surface area contributed by atoms with Gasteiger partial charge in [-0.3, -0.25) is 5.32 Å². The third-order valence-electron chi connectivity index (χ3n) is 7.73. The normalized spacial score (nSPS) is 18.5. The maximum absolute atomic E-state index is 12.3. The number of aliphatic imine (C=N–C) groups is 1. The van der Waals surface area contributed by atoms with E-state index >= 15 is 0 Å². The second-order valence-corrected chi connectivity index (χ2v) is 11.0. The lowest BCUT2D eigenvalue weighted by Gasteiger charge is -2.43. The number of guanidine groups is 1. The number of benzene rings is 2. The van der Waals surface area contributed by atoms with Gasteiger partial charge in [-0.05, 0) is 74.9 Å². The van der Waals surface area contributed by atoms with Crippen LogP contribution in [0.5, 0.6) is 0 Å². The van der Waals surface area contributed by atoms with Crippen LogP contribution in [0.3, 0.4) is 0 Å². The highest BCUT2D eigenvalue weighted by Crippen LogP contribution is 2.42. The highest BCUT2D eigenvalue weighted by atomic mass is 32.1. The summed E-state index contributed by atoms with van der Waals surface area (Å²) in [6, 6.07) is 21.9. The fraction of sp³-hybridized carbons (Fsp3) is 0.419. The molecule has 2 aromatic carbocycles. The standard InChI is InChI=1S/C31H38N6O2S/c1-22-20-23(2)34-28(33-22)35-29(36-30(40)32-21-27-14-9-19-39-27)37-17-15-26(16-18-37)31(38,24-10-5-3-6-11-24)25-12-7-4-8-13-25/h3-8,10-13,20,26-27,38H,9,14-19,21H2,1-2H3,(H2,32,33,34,35,36,40). The molecule has 0 amide bonds. The number of aromatic nitrogens is 2. The summed E-state index contributed by atoms with van der Waals surface area (Å²) in [5.41, 5.74) is 2.49. The lowest BCUT2D eigenvalue weighted by Crippen LogP contribution is -2.48. The van der Waals surface area contributed by atoms with Crippen LogP contribution in [0, 0.1) is 19.8 Å². The Kier molecular flexibility index (Phi) is 9.04. The van der Waals surface area contributed by atoms with Crippen LogP contribution in [-0.4, -0.2) is 63.4 Å². The number of anilines is 1. The Labute approximate surface area is 241 Å². The summed E-state index contributed by atoms with van der Waals surface area (Å²) in [5, 5.41) is 19.3. The minimum atomic E-state index is -1.09. The molecular weight excluding hydrogens is 520 g/mol. The molecule has 0 saturated carbocycles. The van der Waals surface area contributed by atoms with Crippen molar-refractivity contribution in [3.05, 3.63) is 89.2 Å². The minimum absolute atomic E-state index is 0.0249. The molecule has 2 aliphatic rings. The van der Waals surface area contributed by atoms with Crippen molar-refractivity contribution in [3.8, 4) is 0 Å². The van der Waals surface area contributed by atoms with E-state index in [1.54, 1.807) is 0 Å². The van der Waals surface area contributed by atoms with Gasteiger partial charge in [-0.15, -0.1) is 0 Å². The molecule has 40 heavy (non-hydrogen) atoms. The summed E-state index contributed by atoms with van der Waals surface area (Å²) in [5.74, 6) is 1.12. The SMILES string of the molecule is Cc1cc(C)nc(N/C(=N/C(=S)NCC2CCCO2)N2CCC(C(O)(c3ccccc3)c3ccccc3)CC2)n1. The number of hydrogen-bond acceptors (Lipinski definition) is 5. The first-order chi connectivity index (χ1) is 19.4. The van der Waals surface area contributed by atoms with Crippen LogP contribution < -0.4 is 10.6 Å². The van der Waals surface area contributed by atoms with Crippen molar-refractivity contribution in [1.82, 2.24) is 20.2 Å². The van der Waals surface area contributed by atoms with Gasteiger partial charge in [0, 0.05) is 37.6 Å². The number of nitrogens with zero attached hydrogens (tertiary/aromatic N) is 4. The minimum Gasteiger partial charge on any atom is -0.380 e. The number of thiocarbonyl (C=S) groups is 1. The van der Waals surface area contributed by atoms with Crippen LogP contribution in [0.15, 0.2) is 71.7 Å². The first-order valence-corrected chi connectivity index (χ1v) is 14.5. The predicted octanol–water partition coefficient (Wildman–Crippen LogP) is 4.56. The molecule has 1 aromatic heterocycles. The van der Waals surface area contributed by atoms with E-state index in [0.29, 0.717) is 36.7 Å². The molecule has 3 aromatic rings. The van der Waals surface area contributed by atoms with Gasteiger partial charge in [0.1, 0.15) is 5.60 Å². The maximum Gasteiger partial charge on any atom is 0.229 e.